The van der Waals surface area contributed by atoms with Gasteiger partial charge in [0.2, 0.25) is 0 Å². The molecule has 114 valence electrons. The van der Waals surface area contributed by atoms with E-state index in [0.29, 0.717) is 27.9 Å². The Morgan fingerprint density at radius 1 is 1.48 bits per heavy atom. The van der Waals surface area contributed by atoms with Crippen LogP contribution >= 0.6 is 35.0 Å². The fourth-order valence-corrected chi connectivity index (χ4v) is 4.14. The number of benzene rings is 1. The molecule has 4 nitrogen and oxygen atoms in total. The van der Waals surface area contributed by atoms with E-state index in [0.717, 1.165) is 5.17 Å². The third-order valence-electron chi connectivity index (χ3n) is 3.48. The molecule has 1 aromatic carbocycles. The number of carbonyl (C=O) groups is 1. The molecule has 2 rings (SSSR count). The third kappa shape index (κ3) is 3.84. The largest absolute Gasteiger partial charge is 0.481 e. The molecule has 1 aliphatic heterocycles. The average Bonchev–Trinajstić information content (AvgIpc) is 2.71. The van der Waals surface area contributed by atoms with E-state index >= 15 is 0 Å². The fraction of sp³-hybridized carbons (Fsp3) is 0.429. The molecule has 2 unspecified atom stereocenters. The zero-order chi connectivity index (χ0) is 15.6. The van der Waals surface area contributed by atoms with Crippen molar-refractivity contribution in [3.05, 3.63) is 28.2 Å². The lowest BCUT2D eigenvalue weighted by Crippen LogP contribution is -2.39. The molecular formula is C14H16Cl2N2O2S. The van der Waals surface area contributed by atoms with Crippen LogP contribution in [0.25, 0.3) is 0 Å². The highest BCUT2D eigenvalue weighted by Crippen LogP contribution is 2.32. The van der Waals surface area contributed by atoms with Crippen molar-refractivity contribution in [2.24, 2.45) is 10.9 Å². The fourth-order valence-electron chi connectivity index (χ4n) is 2.34. The van der Waals surface area contributed by atoms with E-state index in [2.05, 4.69) is 4.99 Å². The van der Waals surface area contributed by atoms with Gasteiger partial charge in [-0.1, -0.05) is 41.9 Å². The van der Waals surface area contributed by atoms with Gasteiger partial charge in [-0.05, 0) is 24.6 Å². The van der Waals surface area contributed by atoms with Crippen LogP contribution in [0.4, 0.5) is 5.69 Å². The van der Waals surface area contributed by atoms with E-state index in [1.807, 2.05) is 18.9 Å². The molecule has 0 aromatic heterocycles. The maximum absolute atomic E-state index is 11.3. The highest BCUT2D eigenvalue weighted by atomic mass is 35.5. The van der Waals surface area contributed by atoms with Gasteiger partial charge < -0.3 is 10.0 Å². The summed E-state index contributed by atoms with van der Waals surface area (Å²) in [6.07, 6.45) is 0.598. The molecule has 2 atom stereocenters. The zero-order valence-corrected chi connectivity index (χ0v) is 14.0. The summed E-state index contributed by atoms with van der Waals surface area (Å²) in [6.45, 7) is 1.89. The molecule has 7 heteroatoms. The first-order valence-electron chi connectivity index (χ1n) is 6.55. The molecule has 1 heterocycles. The van der Waals surface area contributed by atoms with Crippen molar-refractivity contribution >= 4 is 51.8 Å². The first-order chi connectivity index (χ1) is 9.92. The Morgan fingerprint density at radius 2 is 2.10 bits per heavy atom. The second kappa shape index (κ2) is 6.90. The summed E-state index contributed by atoms with van der Waals surface area (Å²) in [7, 11) is 1.88. The summed E-state index contributed by atoms with van der Waals surface area (Å²) < 4.78 is 0. The molecule has 21 heavy (non-hydrogen) atoms. The lowest BCUT2D eigenvalue weighted by molar-refractivity contribution is -0.143. The van der Waals surface area contributed by atoms with Gasteiger partial charge in [-0.3, -0.25) is 4.79 Å². The minimum absolute atomic E-state index is 0.0501. The number of hydrogen-bond donors (Lipinski definition) is 1. The predicted octanol–water partition coefficient (Wildman–Crippen LogP) is 4.14. The number of carboxylic acids is 1. The third-order valence-corrected chi connectivity index (χ3v) is 5.06. The molecule has 0 radical (unpaired) electrons. The minimum Gasteiger partial charge on any atom is -0.481 e. The first kappa shape index (κ1) is 16.5. The van der Waals surface area contributed by atoms with Crippen molar-refractivity contribution in [3.63, 3.8) is 0 Å². The van der Waals surface area contributed by atoms with E-state index in [4.69, 9.17) is 23.2 Å². The number of hydrogen-bond acceptors (Lipinski definition) is 3. The molecule has 1 saturated heterocycles. The van der Waals surface area contributed by atoms with Gasteiger partial charge in [-0.2, -0.15) is 0 Å². The molecule has 1 aromatic rings. The van der Waals surface area contributed by atoms with Gasteiger partial charge in [-0.25, -0.2) is 4.99 Å². The van der Waals surface area contributed by atoms with Crippen molar-refractivity contribution in [2.75, 3.05) is 12.8 Å². The first-order valence-corrected chi connectivity index (χ1v) is 8.29. The van der Waals surface area contributed by atoms with Crippen LogP contribution in [0.3, 0.4) is 0 Å². The highest BCUT2D eigenvalue weighted by Gasteiger charge is 2.36. The van der Waals surface area contributed by atoms with Crippen molar-refractivity contribution < 1.29 is 9.90 Å². The number of rotatable bonds is 4. The van der Waals surface area contributed by atoms with Crippen LogP contribution in [0.1, 0.15) is 13.3 Å². The SMILES string of the molecule is CCC(C(=O)O)C1CSC(=Nc2cc(Cl)cc(Cl)c2)N1C. The van der Waals surface area contributed by atoms with Crippen molar-refractivity contribution in [3.8, 4) is 0 Å². The number of thioether (sulfide) groups is 1. The number of nitrogens with zero attached hydrogens (tertiary/aromatic N) is 2. The summed E-state index contributed by atoms with van der Waals surface area (Å²) in [4.78, 5) is 17.8. The van der Waals surface area contributed by atoms with Crippen LogP contribution in [0, 0.1) is 5.92 Å². The average molecular weight is 347 g/mol. The Labute approximate surface area is 138 Å². The van der Waals surface area contributed by atoms with Crippen molar-refractivity contribution in [1.82, 2.24) is 4.90 Å². The summed E-state index contributed by atoms with van der Waals surface area (Å²) in [5.74, 6) is -0.436. The normalized spacial score (nSPS) is 21.8. The lowest BCUT2D eigenvalue weighted by atomic mass is 9.98. The van der Waals surface area contributed by atoms with Crippen molar-refractivity contribution in [1.29, 1.82) is 0 Å². The summed E-state index contributed by atoms with van der Waals surface area (Å²) >= 11 is 13.5. The van der Waals surface area contributed by atoms with Crippen LogP contribution in [0.5, 0.6) is 0 Å². The van der Waals surface area contributed by atoms with Gasteiger partial charge in [0, 0.05) is 22.8 Å². The second-order valence-electron chi connectivity index (χ2n) is 4.86. The molecule has 0 spiro atoms. The molecule has 1 N–H and O–H groups in total. The molecule has 1 aliphatic rings. The predicted molar refractivity (Wildman–Crippen MR) is 89.0 cm³/mol. The summed E-state index contributed by atoms with van der Waals surface area (Å²) in [5.41, 5.74) is 0.672. The number of carboxylic acid groups (broad SMARTS) is 1. The molecule has 0 saturated carbocycles. The topological polar surface area (TPSA) is 52.9 Å². The quantitative estimate of drug-likeness (QED) is 0.889. The summed E-state index contributed by atoms with van der Waals surface area (Å²) in [5, 5.41) is 11.1. The maximum Gasteiger partial charge on any atom is 0.308 e. The van der Waals surface area contributed by atoms with E-state index in [1.54, 1.807) is 30.0 Å². The Hall–Kier alpha value is -0.910. The molecular weight excluding hydrogens is 331 g/mol. The van der Waals surface area contributed by atoms with Gasteiger partial charge in [0.05, 0.1) is 17.6 Å². The van der Waals surface area contributed by atoms with Gasteiger partial charge in [0.15, 0.2) is 5.17 Å². The Bertz CT molecular complexity index is 560. The Morgan fingerprint density at radius 3 is 2.62 bits per heavy atom. The standard InChI is InChI=1S/C14H16Cl2N2O2S/c1-3-11(13(19)20)12-7-21-14(18(12)2)17-10-5-8(15)4-9(16)6-10/h4-6,11-12H,3,7H2,1-2H3,(H,19,20). The van der Waals surface area contributed by atoms with E-state index < -0.39 is 11.9 Å². The lowest BCUT2D eigenvalue weighted by Gasteiger charge is -2.25. The maximum atomic E-state index is 11.3. The smallest absolute Gasteiger partial charge is 0.308 e. The second-order valence-corrected chi connectivity index (χ2v) is 6.72. The number of aliphatic carboxylic acids is 1. The van der Waals surface area contributed by atoms with Gasteiger partial charge in [0.25, 0.3) is 0 Å². The number of halogens is 2. The molecule has 0 aliphatic carbocycles. The Balaban J connectivity index is 2.22. The minimum atomic E-state index is -0.762. The van der Waals surface area contributed by atoms with Crippen LogP contribution in [0.15, 0.2) is 23.2 Å². The number of aliphatic imine (C=N–C) groups is 1. The van der Waals surface area contributed by atoms with E-state index in [-0.39, 0.29) is 6.04 Å². The monoisotopic (exact) mass is 346 g/mol. The van der Waals surface area contributed by atoms with Gasteiger partial charge in [0.1, 0.15) is 0 Å². The van der Waals surface area contributed by atoms with Crippen LogP contribution in [0.2, 0.25) is 10.0 Å². The van der Waals surface area contributed by atoms with Crippen LogP contribution in [-0.4, -0.2) is 40.0 Å². The van der Waals surface area contributed by atoms with Crippen LogP contribution in [-0.2, 0) is 4.79 Å². The van der Waals surface area contributed by atoms with Crippen molar-refractivity contribution in [2.45, 2.75) is 19.4 Å². The van der Waals surface area contributed by atoms with E-state index in [9.17, 15) is 9.90 Å². The van der Waals surface area contributed by atoms with E-state index in [1.165, 1.54) is 0 Å². The molecule has 1 fully saturated rings. The Kier molecular flexibility index (Phi) is 5.41. The van der Waals surface area contributed by atoms with Gasteiger partial charge >= 0.3 is 5.97 Å². The molecule has 0 bridgehead atoms. The highest BCUT2D eigenvalue weighted by molar-refractivity contribution is 8.14. The summed E-state index contributed by atoms with van der Waals surface area (Å²) in [6, 6.07) is 5.07. The number of amidine groups is 1. The molecule has 0 amide bonds. The zero-order valence-electron chi connectivity index (χ0n) is 11.7. The van der Waals surface area contributed by atoms with Crippen LogP contribution < -0.4 is 0 Å². The van der Waals surface area contributed by atoms with Gasteiger partial charge in [-0.15, -0.1) is 0 Å².